The van der Waals surface area contributed by atoms with Crippen molar-refractivity contribution >= 4 is 34.8 Å². The van der Waals surface area contributed by atoms with Gasteiger partial charge in [-0.1, -0.05) is 39.0 Å². The molecule has 5 rings (SSSR count). The number of likely N-dealkylation sites (tertiary alicyclic amines) is 1. The highest BCUT2D eigenvalue weighted by atomic mass is 19.1. The third-order valence-corrected chi connectivity index (χ3v) is 8.02. The number of hydrogen-bond donors (Lipinski definition) is 3. The lowest BCUT2D eigenvalue weighted by atomic mass is 9.86. The van der Waals surface area contributed by atoms with Crippen molar-refractivity contribution in [1.82, 2.24) is 9.88 Å². The quantitative estimate of drug-likeness (QED) is 0.183. The molecule has 0 radical (unpaired) electrons. The lowest BCUT2D eigenvalue weighted by Crippen LogP contribution is -2.44. The van der Waals surface area contributed by atoms with Crippen molar-refractivity contribution in [2.45, 2.75) is 45.1 Å². The highest BCUT2D eigenvalue weighted by Gasteiger charge is 2.29. The molecule has 0 saturated carbocycles. The molecule has 47 heavy (non-hydrogen) atoms. The van der Waals surface area contributed by atoms with E-state index < -0.39 is 23.5 Å². The summed E-state index contributed by atoms with van der Waals surface area (Å²) in [6, 6.07) is 19.1. The van der Waals surface area contributed by atoms with Crippen LogP contribution in [0.3, 0.4) is 0 Å². The van der Waals surface area contributed by atoms with E-state index in [0.717, 1.165) is 5.56 Å². The minimum Gasteiger partial charge on any atom is -0.497 e. The molecule has 1 saturated heterocycles. The van der Waals surface area contributed by atoms with Gasteiger partial charge in [0.1, 0.15) is 29.1 Å². The number of nitrogens with zero attached hydrogens (tertiary/aromatic N) is 2. The van der Waals surface area contributed by atoms with Crippen LogP contribution in [0.4, 0.5) is 26.2 Å². The molecule has 3 aromatic carbocycles. The van der Waals surface area contributed by atoms with E-state index in [1.807, 2.05) is 12.1 Å². The van der Waals surface area contributed by atoms with Gasteiger partial charge in [0.25, 0.3) is 5.91 Å². The maximum Gasteiger partial charge on any atom is 0.321 e. The lowest BCUT2D eigenvalue weighted by molar-refractivity contribution is 0.100. The van der Waals surface area contributed by atoms with E-state index in [0.29, 0.717) is 43.0 Å². The molecule has 0 bridgehead atoms. The fourth-order valence-electron chi connectivity index (χ4n) is 5.22. The zero-order valence-electron chi connectivity index (χ0n) is 26.8. The summed E-state index contributed by atoms with van der Waals surface area (Å²) in [4.78, 5) is 46.0. The number of nitrogen functional groups attached to an aromatic ring is 1. The van der Waals surface area contributed by atoms with E-state index in [1.165, 1.54) is 31.5 Å². The Balaban J connectivity index is 1.36. The fraction of sp³-hybridized carbons (Fsp3) is 0.278. The molecule has 1 aliphatic heterocycles. The number of piperidine rings is 1. The number of anilines is 3. The summed E-state index contributed by atoms with van der Waals surface area (Å²) in [7, 11) is 1.53. The number of nitrogens with two attached hydrogens (primary N) is 1. The number of methoxy groups -OCH3 is 1. The highest BCUT2D eigenvalue weighted by Crippen LogP contribution is 2.34. The van der Waals surface area contributed by atoms with E-state index in [4.69, 9.17) is 15.2 Å². The topological polar surface area (TPSA) is 136 Å². The summed E-state index contributed by atoms with van der Waals surface area (Å²) in [5.41, 5.74) is 7.95. The first-order valence-corrected chi connectivity index (χ1v) is 15.3. The molecule has 2 heterocycles. The van der Waals surface area contributed by atoms with Crippen LogP contribution in [-0.4, -0.2) is 53.9 Å². The van der Waals surface area contributed by atoms with E-state index in [9.17, 15) is 18.8 Å². The molecule has 0 unspecified atom stereocenters. The molecule has 10 nitrogen and oxygen atoms in total. The van der Waals surface area contributed by atoms with E-state index in [-0.39, 0.29) is 39.8 Å². The molecule has 0 atom stereocenters. The Hall–Kier alpha value is -5.45. The number of carbonyl (C=O) groups is 3. The van der Waals surface area contributed by atoms with Gasteiger partial charge in [0.05, 0.1) is 29.7 Å². The number of aromatic nitrogens is 1. The number of pyridine rings is 1. The SMILES string of the molecule is COc1ccc(C(=O)Nc2c(N)ccnc2C(=O)c2ccc(C(C)(C)C)cc2OC2CCN(C(=O)Nc3ccccc3F)CC2)cc1. The number of nitrogens with one attached hydrogen (secondary N) is 2. The Bertz CT molecular complexity index is 1780. The maximum absolute atomic E-state index is 14.1. The number of ketones is 1. The number of amides is 3. The zero-order valence-corrected chi connectivity index (χ0v) is 26.8. The second-order valence-electron chi connectivity index (χ2n) is 12.3. The molecule has 4 N–H and O–H groups in total. The molecular formula is C36H38FN5O5. The average Bonchev–Trinajstić information content (AvgIpc) is 3.06. The van der Waals surface area contributed by atoms with Gasteiger partial charge in [0, 0.05) is 37.7 Å². The van der Waals surface area contributed by atoms with Crippen LogP contribution in [0.25, 0.3) is 0 Å². The summed E-state index contributed by atoms with van der Waals surface area (Å²) in [5, 5.41) is 5.38. The van der Waals surface area contributed by atoms with Crippen molar-refractivity contribution in [2.75, 3.05) is 36.6 Å². The first-order chi connectivity index (χ1) is 22.4. The fourth-order valence-corrected chi connectivity index (χ4v) is 5.22. The van der Waals surface area contributed by atoms with Crippen LogP contribution in [0.1, 0.15) is 65.6 Å². The number of hydrogen-bond acceptors (Lipinski definition) is 7. The molecule has 244 valence electrons. The van der Waals surface area contributed by atoms with Gasteiger partial charge in [-0.3, -0.25) is 14.6 Å². The van der Waals surface area contributed by atoms with Crippen LogP contribution >= 0.6 is 0 Å². The Labute approximate surface area is 273 Å². The first kappa shape index (κ1) is 32.9. The van der Waals surface area contributed by atoms with Crippen molar-refractivity contribution in [1.29, 1.82) is 0 Å². The number of ether oxygens (including phenoxy) is 2. The van der Waals surface area contributed by atoms with Gasteiger partial charge in [-0.15, -0.1) is 0 Å². The summed E-state index contributed by atoms with van der Waals surface area (Å²) in [5.74, 6) is -0.478. The Kier molecular flexibility index (Phi) is 9.74. The van der Waals surface area contributed by atoms with Crippen LogP contribution in [0.5, 0.6) is 11.5 Å². The number of benzene rings is 3. The average molecular weight is 640 g/mol. The number of rotatable bonds is 8. The highest BCUT2D eigenvalue weighted by molar-refractivity contribution is 6.17. The third kappa shape index (κ3) is 7.69. The summed E-state index contributed by atoms with van der Waals surface area (Å²) in [6.45, 7) is 6.95. The number of urea groups is 1. The van der Waals surface area contributed by atoms with Gasteiger partial charge in [-0.05, 0) is 65.6 Å². The predicted octanol–water partition coefficient (Wildman–Crippen LogP) is 6.67. The number of carbonyl (C=O) groups excluding carboxylic acids is 3. The van der Waals surface area contributed by atoms with Gasteiger partial charge in [-0.25, -0.2) is 9.18 Å². The first-order valence-electron chi connectivity index (χ1n) is 15.3. The number of halogens is 1. The summed E-state index contributed by atoms with van der Waals surface area (Å²) >= 11 is 0. The molecule has 0 aliphatic carbocycles. The van der Waals surface area contributed by atoms with Gasteiger partial charge in [0.15, 0.2) is 0 Å². The predicted molar refractivity (Wildman–Crippen MR) is 179 cm³/mol. The molecule has 3 amide bonds. The molecule has 0 spiro atoms. The lowest BCUT2D eigenvalue weighted by Gasteiger charge is -2.33. The van der Waals surface area contributed by atoms with Crippen LogP contribution < -0.4 is 25.8 Å². The summed E-state index contributed by atoms with van der Waals surface area (Å²) in [6.07, 6.45) is 2.12. The van der Waals surface area contributed by atoms with Crippen LogP contribution in [-0.2, 0) is 5.41 Å². The minimum absolute atomic E-state index is 0.0279. The molecule has 11 heteroatoms. The second-order valence-corrected chi connectivity index (χ2v) is 12.3. The molecule has 4 aromatic rings. The van der Waals surface area contributed by atoms with Crippen molar-refractivity contribution in [3.05, 3.63) is 107 Å². The van der Waals surface area contributed by atoms with Crippen molar-refractivity contribution in [3.8, 4) is 11.5 Å². The Morgan fingerprint density at radius 3 is 2.32 bits per heavy atom. The van der Waals surface area contributed by atoms with Gasteiger partial charge >= 0.3 is 6.03 Å². The Morgan fingerprint density at radius 2 is 1.66 bits per heavy atom. The van der Waals surface area contributed by atoms with E-state index in [2.05, 4.69) is 36.4 Å². The van der Waals surface area contributed by atoms with Crippen LogP contribution in [0, 0.1) is 5.82 Å². The van der Waals surface area contributed by atoms with Crippen molar-refractivity contribution < 1.29 is 28.2 Å². The largest absolute Gasteiger partial charge is 0.497 e. The minimum atomic E-state index is -0.506. The standard InChI is InChI=1S/C36H38FN5O5/c1-36(2,3)23-11-14-26(30(21-23)47-25-16-19-42(20-17-25)35(45)40-29-8-6-5-7-27(29)37)33(43)32-31(28(38)15-18-39-32)41-34(44)22-9-12-24(46-4)13-10-22/h5-15,18,21,25H,16-17,19-20H2,1-4H3,(H2,38,39)(H,40,45)(H,41,44). The zero-order chi connectivity index (χ0) is 33.7. The van der Waals surface area contributed by atoms with Crippen LogP contribution in [0.15, 0.2) is 79.0 Å². The smallest absolute Gasteiger partial charge is 0.321 e. The molecule has 1 fully saturated rings. The van der Waals surface area contributed by atoms with Crippen LogP contribution in [0.2, 0.25) is 0 Å². The van der Waals surface area contributed by atoms with Crippen molar-refractivity contribution in [3.63, 3.8) is 0 Å². The Morgan fingerprint density at radius 1 is 0.957 bits per heavy atom. The normalized spacial score (nSPS) is 13.5. The third-order valence-electron chi connectivity index (χ3n) is 8.02. The van der Waals surface area contributed by atoms with Gasteiger partial charge in [0.2, 0.25) is 5.78 Å². The van der Waals surface area contributed by atoms with Gasteiger partial charge < -0.3 is 30.7 Å². The molecule has 1 aromatic heterocycles. The van der Waals surface area contributed by atoms with Crippen molar-refractivity contribution in [2.24, 2.45) is 0 Å². The van der Waals surface area contributed by atoms with E-state index in [1.54, 1.807) is 47.4 Å². The van der Waals surface area contributed by atoms with Gasteiger partial charge in [-0.2, -0.15) is 0 Å². The van der Waals surface area contributed by atoms with E-state index >= 15 is 0 Å². The second kappa shape index (κ2) is 13.9. The maximum atomic E-state index is 14.1. The molecule has 1 aliphatic rings. The summed E-state index contributed by atoms with van der Waals surface area (Å²) < 4.78 is 25.7. The monoisotopic (exact) mass is 639 g/mol. The number of para-hydroxylation sites is 1. The molecular weight excluding hydrogens is 601 g/mol.